The molecule has 8 nitrogen and oxygen atoms in total. The molecule has 2 heterocycles. The Balaban J connectivity index is 0.00000272. The smallest absolute Gasteiger partial charge is 0.246 e. The summed E-state index contributed by atoms with van der Waals surface area (Å²) in [5, 5.41) is 13.9. The Labute approximate surface area is 201 Å². The van der Waals surface area contributed by atoms with Crippen molar-refractivity contribution >= 4 is 53.1 Å². The van der Waals surface area contributed by atoms with Crippen molar-refractivity contribution in [2.24, 2.45) is 4.99 Å². The highest BCUT2D eigenvalue weighted by atomic mass is 127. The van der Waals surface area contributed by atoms with Crippen LogP contribution < -0.4 is 16.0 Å². The molecule has 0 radical (unpaired) electrons. The summed E-state index contributed by atoms with van der Waals surface area (Å²) in [6, 6.07) is 15.1. The van der Waals surface area contributed by atoms with Crippen LogP contribution in [0.5, 0.6) is 0 Å². The number of halogens is 2. The van der Waals surface area contributed by atoms with Gasteiger partial charge in [-0.1, -0.05) is 47.1 Å². The molecule has 0 aliphatic carbocycles. The van der Waals surface area contributed by atoms with Crippen molar-refractivity contribution in [3.8, 4) is 11.4 Å². The lowest BCUT2D eigenvalue weighted by Gasteiger charge is -2.26. The molecular weight excluding hydrogens is 531 g/mol. The quantitative estimate of drug-likeness (QED) is 0.253. The molecule has 3 aromatic rings. The van der Waals surface area contributed by atoms with E-state index in [1.54, 1.807) is 19.2 Å². The second-order valence-electron chi connectivity index (χ2n) is 6.87. The topological polar surface area (TPSA) is 104 Å². The maximum Gasteiger partial charge on any atom is 0.246 e. The Morgan fingerprint density at radius 1 is 1.26 bits per heavy atom. The van der Waals surface area contributed by atoms with Crippen LogP contribution in [0.2, 0.25) is 5.02 Å². The van der Waals surface area contributed by atoms with Gasteiger partial charge < -0.3 is 20.5 Å². The van der Waals surface area contributed by atoms with Gasteiger partial charge in [0, 0.05) is 42.2 Å². The molecule has 1 atom stereocenters. The maximum atomic E-state index is 12.0. The Morgan fingerprint density at radius 2 is 2.10 bits per heavy atom. The molecule has 2 aromatic carbocycles. The van der Waals surface area contributed by atoms with Gasteiger partial charge in [-0.05, 0) is 23.8 Å². The van der Waals surface area contributed by atoms with Gasteiger partial charge in [-0.25, -0.2) is 0 Å². The molecule has 0 spiro atoms. The largest absolute Gasteiger partial charge is 0.356 e. The lowest BCUT2D eigenvalue weighted by Crippen LogP contribution is -2.40. The van der Waals surface area contributed by atoms with Gasteiger partial charge in [-0.2, -0.15) is 4.98 Å². The van der Waals surface area contributed by atoms with Gasteiger partial charge in [-0.15, -0.1) is 24.0 Å². The van der Waals surface area contributed by atoms with Crippen molar-refractivity contribution in [2.75, 3.05) is 18.9 Å². The SMILES string of the molecule is CN=C(NCc1nc(-c2cccc(Cl)c2)no1)NCC1CC(=O)Nc2ccccc21.I. The predicted octanol–water partition coefficient (Wildman–Crippen LogP) is 3.80. The van der Waals surface area contributed by atoms with Crippen molar-refractivity contribution in [3.63, 3.8) is 0 Å². The van der Waals surface area contributed by atoms with E-state index in [9.17, 15) is 4.79 Å². The van der Waals surface area contributed by atoms with E-state index in [0.717, 1.165) is 16.8 Å². The van der Waals surface area contributed by atoms with Crippen LogP contribution in [-0.2, 0) is 11.3 Å². The van der Waals surface area contributed by atoms with E-state index in [1.807, 2.05) is 36.4 Å². The summed E-state index contributed by atoms with van der Waals surface area (Å²) in [5.74, 6) is 1.56. The normalized spacial score (nSPS) is 15.5. The highest BCUT2D eigenvalue weighted by Crippen LogP contribution is 2.31. The van der Waals surface area contributed by atoms with E-state index in [1.165, 1.54) is 0 Å². The molecule has 1 amide bonds. The number of carbonyl (C=O) groups excluding carboxylic acids is 1. The fourth-order valence-corrected chi connectivity index (χ4v) is 3.55. The first kappa shape index (κ1) is 23.0. The summed E-state index contributed by atoms with van der Waals surface area (Å²) >= 11 is 6.01. The average molecular weight is 553 g/mol. The molecule has 3 N–H and O–H groups in total. The number of nitrogens with one attached hydrogen (secondary N) is 3. The zero-order valence-corrected chi connectivity index (χ0v) is 19.8. The second kappa shape index (κ2) is 10.6. The van der Waals surface area contributed by atoms with Crippen LogP contribution in [0.15, 0.2) is 58.0 Å². The van der Waals surface area contributed by atoms with Crippen molar-refractivity contribution in [2.45, 2.75) is 18.9 Å². The minimum absolute atomic E-state index is 0. The Kier molecular flexibility index (Phi) is 7.85. The number of para-hydroxylation sites is 1. The van der Waals surface area contributed by atoms with Gasteiger partial charge in [0.05, 0.1) is 6.54 Å². The molecule has 1 aliphatic heterocycles. The summed E-state index contributed by atoms with van der Waals surface area (Å²) in [4.78, 5) is 20.6. The van der Waals surface area contributed by atoms with Crippen LogP contribution in [0.3, 0.4) is 0 Å². The molecule has 1 aliphatic rings. The van der Waals surface area contributed by atoms with Crippen molar-refractivity contribution < 1.29 is 9.32 Å². The maximum absolute atomic E-state index is 12.0. The number of fused-ring (bicyclic) bond motifs is 1. The monoisotopic (exact) mass is 552 g/mol. The number of aliphatic imine (C=N–C) groups is 1. The molecule has 0 saturated heterocycles. The number of amides is 1. The number of rotatable bonds is 5. The molecule has 31 heavy (non-hydrogen) atoms. The van der Waals surface area contributed by atoms with E-state index in [4.69, 9.17) is 16.1 Å². The summed E-state index contributed by atoms with van der Waals surface area (Å²) in [5.41, 5.74) is 2.76. The standard InChI is InChI=1S/C21H21ClN6O2.HI/c1-23-21(24-11-14-10-18(29)26-17-8-3-2-7-16(14)17)25-12-19-27-20(28-30-19)13-5-4-6-15(22)9-13;/h2-9,14H,10-12H2,1H3,(H,26,29)(H2,23,24,25);1H. The van der Waals surface area contributed by atoms with Gasteiger partial charge >= 0.3 is 0 Å². The minimum atomic E-state index is 0. The lowest BCUT2D eigenvalue weighted by atomic mass is 9.90. The second-order valence-corrected chi connectivity index (χ2v) is 7.30. The first-order valence-electron chi connectivity index (χ1n) is 9.54. The first-order valence-corrected chi connectivity index (χ1v) is 9.92. The molecule has 0 saturated carbocycles. The lowest BCUT2D eigenvalue weighted by molar-refractivity contribution is -0.116. The van der Waals surface area contributed by atoms with E-state index in [2.05, 4.69) is 31.1 Å². The van der Waals surface area contributed by atoms with Gasteiger partial charge in [0.1, 0.15) is 0 Å². The minimum Gasteiger partial charge on any atom is -0.356 e. The molecule has 4 rings (SSSR count). The Bertz CT molecular complexity index is 1090. The number of aromatic nitrogens is 2. The third-order valence-electron chi connectivity index (χ3n) is 4.80. The first-order chi connectivity index (χ1) is 14.6. The van der Waals surface area contributed by atoms with Crippen LogP contribution in [0.1, 0.15) is 23.8 Å². The molecule has 162 valence electrons. The number of anilines is 1. The van der Waals surface area contributed by atoms with E-state index in [0.29, 0.717) is 42.2 Å². The summed E-state index contributed by atoms with van der Waals surface area (Å²) < 4.78 is 5.31. The van der Waals surface area contributed by atoms with Crippen molar-refractivity contribution in [1.29, 1.82) is 0 Å². The zero-order valence-electron chi connectivity index (χ0n) is 16.8. The summed E-state index contributed by atoms with van der Waals surface area (Å²) in [6.45, 7) is 0.886. The number of hydrogen-bond donors (Lipinski definition) is 3. The van der Waals surface area contributed by atoms with E-state index in [-0.39, 0.29) is 35.8 Å². The molecule has 1 unspecified atom stereocenters. The fourth-order valence-electron chi connectivity index (χ4n) is 3.36. The van der Waals surface area contributed by atoms with Crippen LogP contribution in [0.4, 0.5) is 5.69 Å². The summed E-state index contributed by atoms with van der Waals surface area (Å²) in [7, 11) is 1.68. The van der Waals surface area contributed by atoms with Crippen molar-refractivity contribution in [1.82, 2.24) is 20.8 Å². The molecule has 1 aromatic heterocycles. The number of carbonyl (C=O) groups is 1. The van der Waals surface area contributed by atoms with Gasteiger partial charge in [0.15, 0.2) is 5.96 Å². The van der Waals surface area contributed by atoms with Crippen LogP contribution in [0, 0.1) is 0 Å². The zero-order chi connectivity index (χ0) is 20.9. The highest BCUT2D eigenvalue weighted by molar-refractivity contribution is 14.0. The molecule has 0 bridgehead atoms. The van der Waals surface area contributed by atoms with E-state index >= 15 is 0 Å². The van der Waals surface area contributed by atoms with Crippen LogP contribution in [-0.4, -0.2) is 35.6 Å². The highest BCUT2D eigenvalue weighted by Gasteiger charge is 2.24. The number of guanidine groups is 1. The number of benzene rings is 2. The predicted molar refractivity (Wildman–Crippen MR) is 131 cm³/mol. The Hall–Kier alpha value is -2.66. The third kappa shape index (κ3) is 5.73. The average Bonchev–Trinajstić information content (AvgIpc) is 3.23. The van der Waals surface area contributed by atoms with Gasteiger partial charge in [0.25, 0.3) is 0 Å². The van der Waals surface area contributed by atoms with Crippen molar-refractivity contribution in [3.05, 3.63) is 65.0 Å². The number of nitrogens with zero attached hydrogens (tertiary/aromatic N) is 3. The molecule has 0 fully saturated rings. The third-order valence-corrected chi connectivity index (χ3v) is 5.04. The summed E-state index contributed by atoms with van der Waals surface area (Å²) in [6.07, 6.45) is 0.424. The number of hydrogen-bond acceptors (Lipinski definition) is 5. The van der Waals surface area contributed by atoms with Gasteiger partial charge in [-0.3, -0.25) is 9.79 Å². The molecular formula is C21H22ClIN6O2. The molecule has 10 heteroatoms. The fraction of sp³-hybridized carbons (Fsp3) is 0.238. The van der Waals surface area contributed by atoms with E-state index < -0.39 is 0 Å². The Morgan fingerprint density at radius 3 is 2.90 bits per heavy atom. The van der Waals surface area contributed by atoms with Crippen LogP contribution in [0.25, 0.3) is 11.4 Å². The van der Waals surface area contributed by atoms with Gasteiger partial charge in [0.2, 0.25) is 17.6 Å². The van der Waals surface area contributed by atoms with Crippen LogP contribution >= 0.6 is 35.6 Å².